The third kappa shape index (κ3) is 1.57. The van der Waals surface area contributed by atoms with Gasteiger partial charge in [0.25, 0.3) is 0 Å². The molecule has 0 saturated carbocycles. The Morgan fingerprint density at radius 3 is 2.67 bits per heavy atom. The average Bonchev–Trinajstić information content (AvgIpc) is 2.16. The van der Waals surface area contributed by atoms with Crippen LogP contribution in [0.1, 0.15) is 12.5 Å². The van der Waals surface area contributed by atoms with Gasteiger partial charge >= 0.3 is 0 Å². The number of nitriles is 1. The Hall–Kier alpha value is -1.49. The lowest BCUT2D eigenvalue weighted by Gasteiger charge is -2.12. The van der Waals surface area contributed by atoms with E-state index in [2.05, 4.69) is 13.1 Å². The fourth-order valence-electron chi connectivity index (χ4n) is 1.19. The van der Waals surface area contributed by atoms with Crippen molar-refractivity contribution in [3.05, 3.63) is 29.8 Å². The Morgan fingerprint density at radius 2 is 2.08 bits per heavy atom. The van der Waals surface area contributed by atoms with Crippen LogP contribution in [0.5, 0.6) is 0 Å². The maximum Gasteiger partial charge on any atom is 0.184 e. The Bertz CT molecular complexity index is 299. The normalized spacial score (nSPS) is 9.08. The molecule has 0 heterocycles. The van der Waals surface area contributed by atoms with Crippen LogP contribution in [0.15, 0.2) is 24.3 Å². The lowest BCUT2D eigenvalue weighted by atomic mass is 10.1. The van der Waals surface area contributed by atoms with E-state index in [0.29, 0.717) is 0 Å². The van der Waals surface area contributed by atoms with Gasteiger partial charge in [-0.2, -0.15) is 5.26 Å². The molecule has 1 aromatic rings. The van der Waals surface area contributed by atoms with Crippen LogP contribution >= 0.6 is 0 Å². The zero-order valence-corrected chi connectivity index (χ0v) is 7.41. The van der Waals surface area contributed by atoms with Crippen LogP contribution in [-0.2, 0) is 6.42 Å². The first-order valence-electron chi connectivity index (χ1n) is 4.01. The molecule has 0 atom stereocenters. The van der Waals surface area contributed by atoms with Gasteiger partial charge < -0.3 is 0 Å². The topological polar surface area (TPSA) is 27.0 Å². The predicted molar refractivity (Wildman–Crippen MR) is 49.8 cm³/mol. The van der Waals surface area contributed by atoms with Crippen molar-refractivity contribution in [2.24, 2.45) is 0 Å². The average molecular weight is 160 g/mol. The van der Waals surface area contributed by atoms with E-state index in [1.54, 1.807) is 11.9 Å². The summed E-state index contributed by atoms with van der Waals surface area (Å²) in [5.74, 6) is 0. The summed E-state index contributed by atoms with van der Waals surface area (Å²) in [4.78, 5) is 1.58. The summed E-state index contributed by atoms with van der Waals surface area (Å²) >= 11 is 0. The fourth-order valence-corrected chi connectivity index (χ4v) is 1.19. The highest BCUT2D eigenvalue weighted by Crippen LogP contribution is 2.18. The Kier molecular flexibility index (Phi) is 2.71. The molecule has 0 aromatic heterocycles. The molecule has 0 aliphatic heterocycles. The van der Waals surface area contributed by atoms with E-state index in [9.17, 15) is 0 Å². The zero-order valence-electron chi connectivity index (χ0n) is 7.41. The molecule has 0 aliphatic rings. The van der Waals surface area contributed by atoms with E-state index in [1.807, 2.05) is 24.3 Å². The number of nitrogens with zero attached hydrogens (tertiary/aromatic N) is 2. The minimum Gasteiger partial charge on any atom is -0.282 e. The highest BCUT2D eigenvalue weighted by atomic mass is 15.1. The highest BCUT2D eigenvalue weighted by Gasteiger charge is 2.02. The molecule has 0 fully saturated rings. The van der Waals surface area contributed by atoms with Crippen LogP contribution in [0.4, 0.5) is 5.69 Å². The van der Waals surface area contributed by atoms with E-state index < -0.39 is 0 Å². The Labute approximate surface area is 73.0 Å². The summed E-state index contributed by atoms with van der Waals surface area (Å²) < 4.78 is 0. The summed E-state index contributed by atoms with van der Waals surface area (Å²) in [5, 5.41) is 8.68. The van der Waals surface area contributed by atoms with Gasteiger partial charge in [0, 0.05) is 7.05 Å². The summed E-state index contributed by atoms with van der Waals surface area (Å²) in [6.45, 7) is 2.09. The molecule has 0 aliphatic carbocycles. The molecule has 0 unspecified atom stereocenters. The lowest BCUT2D eigenvalue weighted by Crippen LogP contribution is -2.10. The molecule has 1 aromatic carbocycles. The molecule has 0 bridgehead atoms. The van der Waals surface area contributed by atoms with Crippen LogP contribution in [0.25, 0.3) is 0 Å². The molecule has 1 rings (SSSR count). The van der Waals surface area contributed by atoms with Crippen LogP contribution < -0.4 is 4.90 Å². The number of aryl methyl sites for hydroxylation is 1. The van der Waals surface area contributed by atoms with Crippen molar-refractivity contribution < 1.29 is 0 Å². The third-order valence-corrected chi connectivity index (χ3v) is 1.88. The minimum atomic E-state index is 0.961. The molecule has 0 radical (unpaired) electrons. The van der Waals surface area contributed by atoms with Gasteiger partial charge in [0.1, 0.15) is 0 Å². The lowest BCUT2D eigenvalue weighted by molar-refractivity contribution is 1.09. The van der Waals surface area contributed by atoms with Crippen molar-refractivity contribution in [1.29, 1.82) is 5.26 Å². The SMILES string of the molecule is CCc1ccccc1N(C)C#N. The van der Waals surface area contributed by atoms with Crippen molar-refractivity contribution >= 4 is 5.69 Å². The van der Waals surface area contributed by atoms with Gasteiger partial charge in [-0.1, -0.05) is 25.1 Å². The molecular formula is C10H12N2. The first-order chi connectivity index (χ1) is 5.79. The van der Waals surface area contributed by atoms with E-state index in [4.69, 9.17) is 5.26 Å². The molecule has 12 heavy (non-hydrogen) atoms. The second-order valence-corrected chi connectivity index (χ2v) is 2.64. The molecule has 2 nitrogen and oxygen atoms in total. The van der Waals surface area contributed by atoms with Gasteiger partial charge in [0.2, 0.25) is 0 Å². The van der Waals surface area contributed by atoms with Crippen LogP contribution in [-0.4, -0.2) is 7.05 Å². The Balaban J connectivity index is 3.06. The number of hydrogen-bond donors (Lipinski definition) is 0. The van der Waals surface area contributed by atoms with Gasteiger partial charge in [0.15, 0.2) is 6.19 Å². The van der Waals surface area contributed by atoms with E-state index in [1.165, 1.54) is 5.56 Å². The van der Waals surface area contributed by atoms with Crippen LogP contribution in [0.3, 0.4) is 0 Å². The molecule has 0 spiro atoms. The van der Waals surface area contributed by atoms with Crippen LogP contribution in [0, 0.1) is 11.5 Å². The van der Waals surface area contributed by atoms with Crippen LogP contribution in [0.2, 0.25) is 0 Å². The Morgan fingerprint density at radius 1 is 1.42 bits per heavy atom. The van der Waals surface area contributed by atoms with Gasteiger partial charge in [-0.3, -0.25) is 4.90 Å². The molecule has 0 N–H and O–H groups in total. The van der Waals surface area contributed by atoms with E-state index >= 15 is 0 Å². The maximum absolute atomic E-state index is 8.68. The van der Waals surface area contributed by atoms with Crippen molar-refractivity contribution in [3.8, 4) is 6.19 Å². The monoisotopic (exact) mass is 160 g/mol. The number of benzene rings is 1. The second-order valence-electron chi connectivity index (χ2n) is 2.64. The quantitative estimate of drug-likeness (QED) is 0.489. The second kappa shape index (κ2) is 3.77. The van der Waals surface area contributed by atoms with E-state index in [0.717, 1.165) is 12.1 Å². The summed E-state index contributed by atoms with van der Waals surface area (Å²) in [6, 6.07) is 7.95. The largest absolute Gasteiger partial charge is 0.282 e. The number of anilines is 1. The number of hydrogen-bond acceptors (Lipinski definition) is 2. The smallest absolute Gasteiger partial charge is 0.184 e. The van der Waals surface area contributed by atoms with Crippen molar-refractivity contribution in [1.82, 2.24) is 0 Å². The summed E-state index contributed by atoms with van der Waals surface area (Å²) in [7, 11) is 1.77. The van der Waals surface area contributed by atoms with Gasteiger partial charge in [-0.25, -0.2) is 0 Å². The molecule has 2 heteroatoms. The highest BCUT2D eigenvalue weighted by molar-refractivity contribution is 5.55. The maximum atomic E-state index is 8.68. The molecule has 62 valence electrons. The predicted octanol–water partition coefficient (Wildman–Crippen LogP) is 2.17. The minimum absolute atomic E-state index is 0.961. The number of rotatable bonds is 2. The first-order valence-corrected chi connectivity index (χ1v) is 4.01. The summed E-state index contributed by atoms with van der Waals surface area (Å²) in [6.07, 6.45) is 3.05. The molecule has 0 amide bonds. The van der Waals surface area contributed by atoms with E-state index in [-0.39, 0.29) is 0 Å². The van der Waals surface area contributed by atoms with Crippen molar-refractivity contribution in [3.63, 3.8) is 0 Å². The fraction of sp³-hybridized carbons (Fsp3) is 0.300. The van der Waals surface area contributed by atoms with Gasteiger partial charge in [-0.15, -0.1) is 0 Å². The molecular weight excluding hydrogens is 148 g/mol. The van der Waals surface area contributed by atoms with Gasteiger partial charge in [-0.05, 0) is 18.1 Å². The van der Waals surface area contributed by atoms with Crippen molar-refractivity contribution in [2.75, 3.05) is 11.9 Å². The third-order valence-electron chi connectivity index (χ3n) is 1.88. The number of para-hydroxylation sites is 1. The molecule has 0 saturated heterocycles. The summed E-state index contributed by atoms with van der Waals surface area (Å²) in [5.41, 5.74) is 2.21. The standard InChI is InChI=1S/C10H12N2/c1-3-9-6-4-5-7-10(9)12(2)8-11/h4-7H,3H2,1-2H3. The zero-order chi connectivity index (χ0) is 8.97. The first kappa shape index (κ1) is 8.61. The van der Waals surface area contributed by atoms with Crippen molar-refractivity contribution in [2.45, 2.75) is 13.3 Å². The van der Waals surface area contributed by atoms with Gasteiger partial charge in [0.05, 0.1) is 5.69 Å².